The second-order valence-electron chi connectivity index (χ2n) is 3.83. The van der Waals surface area contributed by atoms with Crippen LogP contribution in [0, 0.1) is 5.92 Å². The van der Waals surface area contributed by atoms with Crippen molar-refractivity contribution in [3.63, 3.8) is 0 Å². The lowest BCUT2D eigenvalue weighted by Crippen LogP contribution is -2.23. The Kier molecular flexibility index (Phi) is 3.56. The number of methoxy groups -OCH3 is 1. The lowest BCUT2D eigenvalue weighted by atomic mass is 9.90. The minimum Gasteiger partial charge on any atom is -0.469 e. The van der Waals surface area contributed by atoms with Crippen LogP contribution in [-0.2, 0) is 9.53 Å². The number of carbonyl (C=O) groups is 1. The van der Waals surface area contributed by atoms with E-state index in [1.54, 1.807) is 12.4 Å². The molecule has 16 heavy (non-hydrogen) atoms. The van der Waals surface area contributed by atoms with Gasteiger partial charge in [0.05, 0.1) is 13.0 Å². The number of ether oxygens (including phenoxy) is 1. The van der Waals surface area contributed by atoms with Gasteiger partial charge in [0.1, 0.15) is 0 Å². The minimum absolute atomic E-state index is 0.110. The summed E-state index contributed by atoms with van der Waals surface area (Å²) in [6.07, 6.45) is 3.54. The van der Waals surface area contributed by atoms with E-state index in [4.69, 9.17) is 4.74 Å². The van der Waals surface area contributed by atoms with E-state index in [-0.39, 0.29) is 17.8 Å². The van der Waals surface area contributed by atoms with E-state index in [0.717, 1.165) is 16.6 Å². The second-order valence-corrected chi connectivity index (χ2v) is 4.75. The van der Waals surface area contributed by atoms with Gasteiger partial charge in [0, 0.05) is 35.9 Å². The topological polar surface area (TPSA) is 51.2 Å². The molecule has 1 saturated heterocycles. The van der Waals surface area contributed by atoms with Crippen molar-refractivity contribution in [1.29, 1.82) is 0 Å². The smallest absolute Gasteiger partial charge is 0.310 e. The molecule has 2 heterocycles. The fraction of sp³-hybridized carbons (Fsp3) is 0.455. The maximum Gasteiger partial charge on any atom is 0.310 e. The molecule has 4 nitrogen and oxygen atoms in total. The lowest BCUT2D eigenvalue weighted by molar-refractivity contribution is -0.145. The molecule has 0 amide bonds. The standard InChI is InChI=1S/C11H13BrN2O2/c1-16-11(15)10-6-14-5-9(10)7-2-8(12)4-13-3-7/h2-4,9-10,14H,5-6H2,1H3. The van der Waals surface area contributed by atoms with Gasteiger partial charge in [-0.2, -0.15) is 0 Å². The molecule has 0 aromatic carbocycles. The Bertz CT molecular complexity index is 397. The Morgan fingerprint density at radius 2 is 2.38 bits per heavy atom. The van der Waals surface area contributed by atoms with Crippen LogP contribution in [0.15, 0.2) is 22.9 Å². The van der Waals surface area contributed by atoms with Gasteiger partial charge in [-0.25, -0.2) is 0 Å². The molecule has 2 rings (SSSR count). The number of halogens is 1. The summed E-state index contributed by atoms with van der Waals surface area (Å²) in [5.74, 6) is -0.117. The summed E-state index contributed by atoms with van der Waals surface area (Å²) in [5, 5.41) is 3.21. The number of esters is 1. The summed E-state index contributed by atoms with van der Waals surface area (Å²) in [7, 11) is 1.43. The number of pyridine rings is 1. The van der Waals surface area contributed by atoms with Crippen LogP contribution in [0.4, 0.5) is 0 Å². The van der Waals surface area contributed by atoms with E-state index in [0.29, 0.717) is 6.54 Å². The Balaban J connectivity index is 2.23. The van der Waals surface area contributed by atoms with E-state index < -0.39 is 0 Å². The normalized spacial score (nSPS) is 24.4. The monoisotopic (exact) mass is 284 g/mol. The fourth-order valence-electron chi connectivity index (χ4n) is 2.06. The molecular weight excluding hydrogens is 272 g/mol. The van der Waals surface area contributed by atoms with E-state index in [9.17, 15) is 4.79 Å². The van der Waals surface area contributed by atoms with Crippen LogP contribution in [0.5, 0.6) is 0 Å². The fourth-order valence-corrected chi connectivity index (χ4v) is 2.44. The van der Waals surface area contributed by atoms with Crippen LogP contribution in [0.25, 0.3) is 0 Å². The predicted octanol–water partition coefficient (Wildman–Crippen LogP) is 1.32. The first-order chi connectivity index (χ1) is 7.72. The molecule has 0 aliphatic carbocycles. The van der Waals surface area contributed by atoms with E-state index in [2.05, 4.69) is 26.2 Å². The summed E-state index contributed by atoms with van der Waals surface area (Å²) in [6.45, 7) is 1.46. The Hall–Kier alpha value is -0.940. The lowest BCUT2D eigenvalue weighted by Gasteiger charge is -2.16. The maximum absolute atomic E-state index is 11.6. The first kappa shape index (κ1) is 11.5. The average molecular weight is 285 g/mol. The molecule has 2 unspecified atom stereocenters. The summed E-state index contributed by atoms with van der Waals surface area (Å²) in [4.78, 5) is 15.7. The molecule has 86 valence electrons. The van der Waals surface area contributed by atoms with Crippen LogP contribution >= 0.6 is 15.9 Å². The van der Waals surface area contributed by atoms with Crippen molar-refractivity contribution in [2.24, 2.45) is 5.92 Å². The van der Waals surface area contributed by atoms with Gasteiger partial charge in [0.25, 0.3) is 0 Å². The number of hydrogen-bond acceptors (Lipinski definition) is 4. The van der Waals surface area contributed by atoms with Gasteiger partial charge in [0.2, 0.25) is 0 Å². The third-order valence-corrected chi connectivity index (χ3v) is 3.31. The number of nitrogens with zero attached hydrogens (tertiary/aromatic N) is 1. The minimum atomic E-state index is -0.157. The average Bonchev–Trinajstić information content (AvgIpc) is 2.77. The van der Waals surface area contributed by atoms with E-state index in [1.807, 2.05) is 6.07 Å². The third-order valence-electron chi connectivity index (χ3n) is 2.87. The molecule has 1 N–H and O–H groups in total. The van der Waals surface area contributed by atoms with Gasteiger partial charge in [-0.3, -0.25) is 9.78 Å². The molecule has 2 atom stereocenters. The van der Waals surface area contributed by atoms with Gasteiger partial charge >= 0.3 is 5.97 Å². The molecule has 1 fully saturated rings. The van der Waals surface area contributed by atoms with Crippen molar-refractivity contribution >= 4 is 21.9 Å². The third kappa shape index (κ3) is 2.25. The SMILES string of the molecule is COC(=O)C1CNCC1c1cncc(Br)c1. The number of nitrogens with one attached hydrogen (secondary N) is 1. The quantitative estimate of drug-likeness (QED) is 0.833. The number of hydrogen-bond donors (Lipinski definition) is 1. The Morgan fingerprint density at radius 3 is 3.06 bits per heavy atom. The first-order valence-electron chi connectivity index (χ1n) is 5.11. The van der Waals surface area contributed by atoms with Crippen molar-refractivity contribution in [2.45, 2.75) is 5.92 Å². The van der Waals surface area contributed by atoms with Gasteiger partial charge in [-0.05, 0) is 27.6 Å². The molecule has 1 aliphatic rings. The number of aromatic nitrogens is 1. The molecule has 5 heteroatoms. The molecule has 0 spiro atoms. The predicted molar refractivity (Wildman–Crippen MR) is 63.1 cm³/mol. The molecule has 0 bridgehead atoms. The van der Waals surface area contributed by atoms with Crippen LogP contribution in [0.2, 0.25) is 0 Å². The van der Waals surface area contributed by atoms with Crippen molar-refractivity contribution in [3.8, 4) is 0 Å². The van der Waals surface area contributed by atoms with Crippen LogP contribution < -0.4 is 5.32 Å². The second kappa shape index (κ2) is 4.93. The van der Waals surface area contributed by atoms with Gasteiger partial charge < -0.3 is 10.1 Å². The molecule has 1 aliphatic heterocycles. The van der Waals surface area contributed by atoms with Crippen LogP contribution in [0.1, 0.15) is 11.5 Å². The highest BCUT2D eigenvalue weighted by molar-refractivity contribution is 9.10. The van der Waals surface area contributed by atoms with Gasteiger partial charge in [-0.1, -0.05) is 0 Å². The number of carbonyl (C=O) groups excluding carboxylic acids is 1. The summed E-state index contributed by atoms with van der Waals surface area (Å²) in [6, 6.07) is 2.00. The van der Waals surface area contributed by atoms with Crippen molar-refractivity contribution < 1.29 is 9.53 Å². The van der Waals surface area contributed by atoms with Crippen LogP contribution in [-0.4, -0.2) is 31.2 Å². The Morgan fingerprint density at radius 1 is 1.56 bits per heavy atom. The van der Waals surface area contributed by atoms with E-state index >= 15 is 0 Å². The zero-order chi connectivity index (χ0) is 11.5. The zero-order valence-electron chi connectivity index (χ0n) is 8.94. The van der Waals surface area contributed by atoms with Crippen molar-refractivity contribution in [1.82, 2.24) is 10.3 Å². The van der Waals surface area contributed by atoms with E-state index in [1.165, 1.54) is 7.11 Å². The highest BCUT2D eigenvalue weighted by atomic mass is 79.9. The van der Waals surface area contributed by atoms with Gasteiger partial charge in [0.15, 0.2) is 0 Å². The summed E-state index contributed by atoms with van der Waals surface area (Å²) < 4.78 is 5.74. The molecule has 1 aromatic heterocycles. The largest absolute Gasteiger partial charge is 0.469 e. The number of rotatable bonds is 2. The highest BCUT2D eigenvalue weighted by Crippen LogP contribution is 2.29. The molecular formula is C11H13BrN2O2. The molecule has 0 saturated carbocycles. The van der Waals surface area contributed by atoms with Crippen LogP contribution in [0.3, 0.4) is 0 Å². The zero-order valence-corrected chi connectivity index (χ0v) is 10.5. The highest BCUT2D eigenvalue weighted by Gasteiger charge is 2.34. The molecule has 1 aromatic rings. The summed E-state index contributed by atoms with van der Waals surface area (Å²) in [5.41, 5.74) is 1.06. The maximum atomic E-state index is 11.6. The van der Waals surface area contributed by atoms with Gasteiger partial charge in [-0.15, -0.1) is 0 Å². The Labute approximate surface area is 103 Å². The van der Waals surface area contributed by atoms with Crippen molar-refractivity contribution in [3.05, 3.63) is 28.5 Å². The first-order valence-corrected chi connectivity index (χ1v) is 5.90. The summed E-state index contributed by atoms with van der Waals surface area (Å²) >= 11 is 3.38. The molecule has 0 radical (unpaired) electrons. The van der Waals surface area contributed by atoms with Crippen molar-refractivity contribution in [2.75, 3.05) is 20.2 Å².